The van der Waals surface area contributed by atoms with Gasteiger partial charge in [0.05, 0.1) is 19.8 Å². The largest absolute Gasteiger partial charge is 0.379 e. The van der Waals surface area contributed by atoms with Gasteiger partial charge in [-0.25, -0.2) is 0 Å². The van der Waals surface area contributed by atoms with Gasteiger partial charge >= 0.3 is 0 Å². The van der Waals surface area contributed by atoms with Crippen LogP contribution in [0.2, 0.25) is 0 Å². The molecular formula is C16H29N3O2. The van der Waals surface area contributed by atoms with Crippen molar-refractivity contribution in [3.8, 4) is 0 Å². The zero-order valence-electron chi connectivity index (χ0n) is 13.1. The maximum Gasteiger partial charge on any atom is 0.236 e. The van der Waals surface area contributed by atoms with Crippen molar-refractivity contribution in [1.29, 1.82) is 0 Å². The Bertz CT molecular complexity index is 330. The maximum atomic E-state index is 12.2. The predicted molar refractivity (Wildman–Crippen MR) is 82.2 cm³/mol. The summed E-state index contributed by atoms with van der Waals surface area (Å²) in [5.74, 6) is 1.01. The van der Waals surface area contributed by atoms with Crippen molar-refractivity contribution < 1.29 is 9.53 Å². The van der Waals surface area contributed by atoms with Crippen LogP contribution >= 0.6 is 0 Å². The summed E-state index contributed by atoms with van der Waals surface area (Å²) in [6.45, 7) is 9.58. The fourth-order valence-corrected chi connectivity index (χ4v) is 3.62. The van der Waals surface area contributed by atoms with Gasteiger partial charge in [0, 0.05) is 38.6 Å². The molecule has 3 fully saturated rings. The molecule has 3 rings (SSSR count). The summed E-state index contributed by atoms with van der Waals surface area (Å²) in [7, 11) is 0. The van der Waals surface area contributed by atoms with E-state index in [1.807, 2.05) is 4.90 Å². The quantitative estimate of drug-likeness (QED) is 0.763. The van der Waals surface area contributed by atoms with Crippen LogP contribution in [0.1, 0.15) is 25.7 Å². The minimum absolute atomic E-state index is 0.309. The van der Waals surface area contributed by atoms with E-state index in [-0.39, 0.29) is 0 Å². The van der Waals surface area contributed by atoms with Crippen LogP contribution in [0.3, 0.4) is 0 Å². The van der Waals surface area contributed by atoms with Gasteiger partial charge in [0.25, 0.3) is 0 Å². The highest BCUT2D eigenvalue weighted by Crippen LogP contribution is 2.19. The van der Waals surface area contributed by atoms with Crippen LogP contribution in [0.15, 0.2) is 0 Å². The van der Waals surface area contributed by atoms with Crippen LogP contribution in [0.4, 0.5) is 0 Å². The second kappa shape index (κ2) is 7.56. The summed E-state index contributed by atoms with van der Waals surface area (Å²) in [6, 6.07) is 0. The molecule has 0 atom stereocenters. The number of hydrogen-bond acceptors (Lipinski definition) is 4. The van der Waals surface area contributed by atoms with Gasteiger partial charge in [0.15, 0.2) is 0 Å². The third-order valence-corrected chi connectivity index (χ3v) is 4.99. The van der Waals surface area contributed by atoms with Crippen LogP contribution in [-0.2, 0) is 9.53 Å². The second-order valence-electron chi connectivity index (χ2n) is 6.77. The summed E-state index contributed by atoms with van der Waals surface area (Å²) in [5.41, 5.74) is 0. The van der Waals surface area contributed by atoms with E-state index >= 15 is 0 Å². The van der Waals surface area contributed by atoms with Crippen LogP contribution in [-0.4, -0.2) is 86.2 Å². The van der Waals surface area contributed by atoms with E-state index in [0.717, 1.165) is 39.4 Å². The third-order valence-electron chi connectivity index (χ3n) is 4.99. The van der Waals surface area contributed by atoms with Gasteiger partial charge < -0.3 is 14.5 Å². The molecule has 3 saturated heterocycles. The van der Waals surface area contributed by atoms with Crippen LogP contribution < -0.4 is 0 Å². The fourth-order valence-electron chi connectivity index (χ4n) is 3.62. The number of carbonyl (C=O) groups is 1. The highest BCUT2D eigenvalue weighted by molar-refractivity contribution is 5.79. The van der Waals surface area contributed by atoms with E-state index in [1.54, 1.807) is 0 Å². The van der Waals surface area contributed by atoms with Crippen molar-refractivity contribution >= 4 is 5.91 Å². The summed E-state index contributed by atoms with van der Waals surface area (Å²) in [5, 5.41) is 0. The normalized spacial score (nSPS) is 26.4. The number of carbonyl (C=O) groups excluding carboxylic acids is 1. The van der Waals surface area contributed by atoms with Gasteiger partial charge in [-0.1, -0.05) is 12.8 Å². The van der Waals surface area contributed by atoms with Crippen molar-refractivity contribution in [3.05, 3.63) is 0 Å². The molecule has 0 spiro atoms. The molecule has 0 aromatic rings. The Morgan fingerprint density at radius 3 is 2.24 bits per heavy atom. The molecule has 3 heterocycles. The van der Waals surface area contributed by atoms with E-state index in [0.29, 0.717) is 18.4 Å². The highest BCUT2D eigenvalue weighted by Gasteiger charge is 2.32. The van der Waals surface area contributed by atoms with E-state index in [1.165, 1.54) is 45.3 Å². The zero-order valence-corrected chi connectivity index (χ0v) is 13.1. The highest BCUT2D eigenvalue weighted by atomic mass is 16.5. The molecule has 0 N–H and O–H groups in total. The smallest absolute Gasteiger partial charge is 0.236 e. The molecule has 3 aliphatic heterocycles. The minimum Gasteiger partial charge on any atom is -0.379 e. The molecular weight excluding hydrogens is 266 g/mol. The number of nitrogens with zero attached hydrogens (tertiary/aromatic N) is 3. The molecule has 0 saturated carbocycles. The molecule has 0 bridgehead atoms. The molecule has 0 unspecified atom stereocenters. The Hall–Kier alpha value is -0.650. The van der Waals surface area contributed by atoms with Crippen molar-refractivity contribution in [1.82, 2.24) is 14.7 Å². The first-order valence-electron chi connectivity index (χ1n) is 8.61. The van der Waals surface area contributed by atoms with Crippen molar-refractivity contribution in [2.45, 2.75) is 25.7 Å². The Kier molecular flexibility index (Phi) is 5.49. The molecule has 0 radical (unpaired) electrons. The van der Waals surface area contributed by atoms with E-state index < -0.39 is 0 Å². The third kappa shape index (κ3) is 4.41. The molecule has 0 aliphatic carbocycles. The SMILES string of the molecule is O=C(CN1CCOCC1)N1CC(CN2CCCCCC2)C1. The molecule has 5 heteroatoms. The van der Waals surface area contributed by atoms with Crippen molar-refractivity contribution in [3.63, 3.8) is 0 Å². The van der Waals surface area contributed by atoms with E-state index in [2.05, 4.69) is 9.80 Å². The van der Waals surface area contributed by atoms with Crippen LogP contribution in [0.5, 0.6) is 0 Å². The van der Waals surface area contributed by atoms with Gasteiger partial charge in [0.2, 0.25) is 5.91 Å². The molecule has 0 aromatic heterocycles. The Morgan fingerprint density at radius 2 is 1.57 bits per heavy atom. The topological polar surface area (TPSA) is 36.0 Å². The lowest BCUT2D eigenvalue weighted by Gasteiger charge is -2.42. The van der Waals surface area contributed by atoms with Gasteiger partial charge in [-0.05, 0) is 25.9 Å². The summed E-state index contributed by atoms with van der Waals surface area (Å²) in [6.07, 6.45) is 5.50. The lowest BCUT2D eigenvalue weighted by Crippen LogP contribution is -2.56. The second-order valence-corrected chi connectivity index (χ2v) is 6.77. The van der Waals surface area contributed by atoms with Gasteiger partial charge in [-0.2, -0.15) is 0 Å². The maximum absolute atomic E-state index is 12.2. The average molecular weight is 295 g/mol. The van der Waals surface area contributed by atoms with E-state index in [9.17, 15) is 4.79 Å². The summed E-state index contributed by atoms with van der Waals surface area (Å²) < 4.78 is 5.32. The first kappa shape index (κ1) is 15.3. The number of morpholine rings is 1. The number of likely N-dealkylation sites (tertiary alicyclic amines) is 2. The van der Waals surface area contributed by atoms with Gasteiger partial charge in [-0.15, -0.1) is 0 Å². The minimum atomic E-state index is 0.309. The first-order valence-corrected chi connectivity index (χ1v) is 8.61. The van der Waals surface area contributed by atoms with Gasteiger partial charge in [-0.3, -0.25) is 9.69 Å². The average Bonchev–Trinajstić information content (AvgIpc) is 2.72. The first-order chi connectivity index (χ1) is 10.3. The van der Waals surface area contributed by atoms with Gasteiger partial charge in [0.1, 0.15) is 0 Å². The Balaban J connectivity index is 1.33. The zero-order chi connectivity index (χ0) is 14.5. The number of hydrogen-bond donors (Lipinski definition) is 0. The van der Waals surface area contributed by atoms with Crippen LogP contribution in [0.25, 0.3) is 0 Å². The van der Waals surface area contributed by atoms with Crippen molar-refractivity contribution in [2.24, 2.45) is 5.92 Å². The van der Waals surface area contributed by atoms with Crippen molar-refractivity contribution in [2.75, 3.05) is 65.6 Å². The standard InChI is InChI=1S/C16H29N3O2/c20-16(14-18-7-9-21-10-8-18)19-12-15(13-19)11-17-5-3-1-2-4-6-17/h15H,1-14H2. The Labute approximate surface area is 128 Å². The number of rotatable bonds is 4. The summed E-state index contributed by atoms with van der Waals surface area (Å²) >= 11 is 0. The lowest BCUT2D eigenvalue weighted by atomic mass is 9.99. The van der Waals surface area contributed by atoms with Crippen LogP contribution in [0, 0.1) is 5.92 Å². The molecule has 1 amide bonds. The fraction of sp³-hybridized carbons (Fsp3) is 0.938. The molecule has 3 aliphatic rings. The molecule has 21 heavy (non-hydrogen) atoms. The lowest BCUT2D eigenvalue weighted by molar-refractivity contribution is -0.140. The molecule has 5 nitrogen and oxygen atoms in total. The summed E-state index contributed by atoms with van der Waals surface area (Å²) in [4.78, 5) is 19.1. The number of ether oxygens (including phenoxy) is 1. The van der Waals surface area contributed by atoms with E-state index in [4.69, 9.17) is 4.74 Å². The number of amides is 1. The molecule has 0 aromatic carbocycles. The molecule has 120 valence electrons. The Morgan fingerprint density at radius 1 is 0.905 bits per heavy atom. The predicted octanol–water partition coefficient (Wildman–Crippen LogP) is 0.653. The monoisotopic (exact) mass is 295 g/mol.